The van der Waals surface area contributed by atoms with Gasteiger partial charge in [-0.05, 0) is 48.9 Å². The predicted molar refractivity (Wildman–Crippen MR) is 102 cm³/mol. The molecular formula is C20H25N3O3. The number of carbonyl (C=O) groups excluding carboxylic acids is 2. The van der Waals surface area contributed by atoms with Crippen molar-refractivity contribution in [2.45, 2.75) is 19.9 Å². The van der Waals surface area contributed by atoms with Gasteiger partial charge < -0.3 is 10.1 Å². The first-order valence-corrected chi connectivity index (χ1v) is 8.51. The molecule has 138 valence electrons. The fraction of sp³-hybridized carbons (Fsp3) is 0.300. The lowest BCUT2D eigenvalue weighted by Gasteiger charge is -2.16. The molecule has 26 heavy (non-hydrogen) atoms. The number of carbonyl (C=O) groups is 2. The fourth-order valence-electron chi connectivity index (χ4n) is 2.50. The number of ether oxygens (including phenoxy) is 1. The zero-order valence-electron chi connectivity index (χ0n) is 15.4. The molecule has 0 aromatic heterocycles. The number of aryl methyl sites for hydroxylation is 1. The average Bonchev–Trinajstić information content (AvgIpc) is 2.62. The van der Waals surface area contributed by atoms with Gasteiger partial charge in [-0.15, -0.1) is 0 Å². The summed E-state index contributed by atoms with van der Waals surface area (Å²) in [5, 5.41) is 4.94. The van der Waals surface area contributed by atoms with Gasteiger partial charge in [0.05, 0.1) is 13.7 Å². The SMILES string of the molecule is CCc1ccc(CN(C)CC(=O)NC(=O)Nc2ccc(OC)cc2)cc1. The van der Waals surface area contributed by atoms with Crippen molar-refractivity contribution in [3.8, 4) is 5.75 Å². The highest BCUT2D eigenvalue weighted by molar-refractivity contribution is 6.01. The van der Waals surface area contributed by atoms with Crippen molar-refractivity contribution in [1.82, 2.24) is 10.2 Å². The van der Waals surface area contributed by atoms with E-state index in [1.165, 1.54) is 5.56 Å². The van der Waals surface area contributed by atoms with E-state index in [0.717, 1.165) is 12.0 Å². The van der Waals surface area contributed by atoms with Crippen molar-refractivity contribution in [1.29, 1.82) is 0 Å². The molecule has 2 N–H and O–H groups in total. The molecule has 0 spiro atoms. The molecule has 2 aromatic rings. The van der Waals surface area contributed by atoms with Crippen LogP contribution in [0.15, 0.2) is 48.5 Å². The Kier molecular flexibility index (Phi) is 7.17. The maximum Gasteiger partial charge on any atom is 0.325 e. The van der Waals surface area contributed by atoms with Crippen LogP contribution in [0.4, 0.5) is 10.5 Å². The third-order valence-electron chi connectivity index (χ3n) is 3.90. The Hall–Kier alpha value is -2.86. The van der Waals surface area contributed by atoms with Crippen LogP contribution in [-0.4, -0.2) is 37.5 Å². The smallest absolute Gasteiger partial charge is 0.325 e. The second kappa shape index (κ2) is 9.58. The van der Waals surface area contributed by atoms with Crippen molar-refractivity contribution >= 4 is 17.6 Å². The third-order valence-corrected chi connectivity index (χ3v) is 3.90. The van der Waals surface area contributed by atoms with Gasteiger partial charge in [0, 0.05) is 12.2 Å². The second-order valence-electron chi connectivity index (χ2n) is 6.07. The summed E-state index contributed by atoms with van der Waals surface area (Å²) in [5.41, 5.74) is 2.99. The van der Waals surface area contributed by atoms with Gasteiger partial charge in [-0.25, -0.2) is 4.79 Å². The second-order valence-corrected chi connectivity index (χ2v) is 6.07. The highest BCUT2D eigenvalue weighted by atomic mass is 16.5. The molecular weight excluding hydrogens is 330 g/mol. The van der Waals surface area contributed by atoms with E-state index >= 15 is 0 Å². The molecule has 0 aliphatic heterocycles. The third kappa shape index (κ3) is 6.22. The molecule has 0 aliphatic carbocycles. The monoisotopic (exact) mass is 355 g/mol. The summed E-state index contributed by atoms with van der Waals surface area (Å²) in [4.78, 5) is 25.8. The molecule has 0 saturated carbocycles. The average molecular weight is 355 g/mol. The van der Waals surface area contributed by atoms with Crippen LogP contribution in [0.2, 0.25) is 0 Å². The van der Waals surface area contributed by atoms with E-state index in [2.05, 4.69) is 41.8 Å². The number of amides is 3. The van der Waals surface area contributed by atoms with Crippen LogP contribution in [0.3, 0.4) is 0 Å². The number of nitrogens with zero attached hydrogens (tertiary/aromatic N) is 1. The number of benzene rings is 2. The van der Waals surface area contributed by atoms with Gasteiger partial charge in [0.25, 0.3) is 0 Å². The molecule has 0 atom stereocenters. The number of likely N-dealkylation sites (N-methyl/N-ethyl adjacent to an activating group) is 1. The Balaban J connectivity index is 1.77. The first-order valence-electron chi connectivity index (χ1n) is 8.51. The van der Waals surface area contributed by atoms with Crippen molar-refractivity contribution < 1.29 is 14.3 Å². The molecule has 2 rings (SSSR count). The van der Waals surface area contributed by atoms with E-state index in [1.807, 2.05) is 11.9 Å². The normalized spacial score (nSPS) is 10.5. The summed E-state index contributed by atoms with van der Waals surface area (Å²) >= 11 is 0. The number of nitrogens with one attached hydrogen (secondary N) is 2. The van der Waals surface area contributed by atoms with Gasteiger partial charge in [-0.1, -0.05) is 31.2 Å². The Morgan fingerprint density at radius 2 is 1.62 bits per heavy atom. The molecule has 0 heterocycles. The molecule has 0 bridgehead atoms. The molecule has 0 fully saturated rings. The number of urea groups is 1. The molecule has 0 radical (unpaired) electrons. The number of anilines is 1. The molecule has 6 nitrogen and oxygen atoms in total. The summed E-state index contributed by atoms with van der Waals surface area (Å²) in [7, 11) is 3.41. The highest BCUT2D eigenvalue weighted by Crippen LogP contribution is 2.14. The number of imide groups is 1. The lowest BCUT2D eigenvalue weighted by Crippen LogP contribution is -2.40. The molecule has 0 saturated heterocycles. The first-order chi connectivity index (χ1) is 12.5. The van der Waals surface area contributed by atoms with Gasteiger partial charge >= 0.3 is 6.03 Å². The van der Waals surface area contributed by atoms with Crippen LogP contribution in [0.5, 0.6) is 5.75 Å². The van der Waals surface area contributed by atoms with Gasteiger partial charge in [0.1, 0.15) is 5.75 Å². The van der Waals surface area contributed by atoms with E-state index in [4.69, 9.17) is 4.74 Å². The quantitative estimate of drug-likeness (QED) is 0.801. The molecule has 0 aliphatic rings. The molecule has 0 unspecified atom stereocenters. The zero-order valence-corrected chi connectivity index (χ0v) is 15.4. The number of methoxy groups -OCH3 is 1. The first kappa shape index (κ1) is 19.5. The van der Waals surface area contributed by atoms with Crippen LogP contribution in [0.1, 0.15) is 18.1 Å². The Morgan fingerprint density at radius 1 is 1.00 bits per heavy atom. The standard InChI is InChI=1S/C20H25N3O3/c1-4-15-5-7-16(8-6-15)13-23(2)14-19(24)22-20(25)21-17-9-11-18(26-3)12-10-17/h5-12H,4,13-14H2,1-3H3,(H2,21,22,24,25). The van der Waals surface area contributed by atoms with E-state index in [1.54, 1.807) is 31.4 Å². The van der Waals surface area contributed by atoms with Crippen LogP contribution in [-0.2, 0) is 17.8 Å². The number of hydrogen-bond acceptors (Lipinski definition) is 4. The van der Waals surface area contributed by atoms with E-state index in [9.17, 15) is 9.59 Å². The summed E-state index contributed by atoms with van der Waals surface area (Å²) in [6, 6.07) is 14.6. The van der Waals surface area contributed by atoms with Crippen molar-refractivity contribution in [3.63, 3.8) is 0 Å². The predicted octanol–water partition coefficient (Wildman–Crippen LogP) is 3.04. The van der Waals surface area contributed by atoms with E-state index in [0.29, 0.717) is 18.0 Å². The Labute approximate surface area is 154 Å². The van der Waals surface area contributed by atoms with Crippen LogP contribution >= 0.6 is 0 Å². The minimum Gasteiger partial charge on any atom is -0.497 e. The molecule has 6 heteroatoms. The highest BCUT2D eigenvalue weighted by Gasteiger charge is 2.11. The van der Waals surface area contributed by atoms with E-state index in [-0.39, 0.29) is 12.5 Å². The molecule has 2 aromatic carbocycles. The van der Waals surface area contributed by atoms with Gasteiger partial charge in [0.2, 0.25) is 5.91 Å². The lowest BCUT2D eigenvalue weighted by atomic mass is 10.1. The summed E-state index contributed by atoms with van der Waals surface area (Å²) in [6.07, 6.45) is 1.00. The van der Waals surface area contributed by atoms with Crippen LogP contribution < -0.4 is 15.4 Å². The van der Waals surface area contributed by atoms with Gasteiger partial charge in [0.15, 0.2) is 0 Å². The Morgan fingerprint density at radius 3 is 2.19 bits per heavy atom. The summed E-state index contributed by atoms with van der Waals surface area (Å²) < 4.78 is 5.06. The Bertz CT molecular complexity index is 727. The maximum absolute atomic E-state index is 12.0. The molecule has 3 amide bonds. The van der Waals surface area contributed by atoms with Crippen molar-refractivity contribution in [3.05, 3.63) is 59.7 Å². The zero-order chi connectivity index (χ0) is 18.9. The van der Waals surface area contributed by atoms with Gasteiger partial charge in [-0.3, -0.25) is 15.0 Å². The van der Waals surface area contributed by atoms with Gasteiger partial charge in [-0.2, -0.15) is 0 Å². The minimum atomic E-state index is -0.555. The number of hydrogen-bond donors (Lipinski definition) is 2. The van der Waals surface area contributed by atoms with E-state index < -0.39 is 6.03 Å². The van der Waals surface area contributed by atoms with Crippen LogP contribution in [0, 0.1) is 0 Å². The summed E-state index contributed by atoms with van der Waals surface area (Å²) in [5.74, 6) is 0.337. The van der Waals surface area contributed by atoms with Crippen LogP contribution in [0.25, 0.3) is 0 Å². The lowest BCUT2D eigenvalue weighted by molar-refractivity contribution is -0.120. The van der Waals surface area contributed by atoms with Crippen molar-refractivity contribution in [2.24, 2.45) is 0 Å². The van der Waals surface area contributed by atoms with Crippen molar-refractivity contribution in [2.75, 3.05) is 26.0 Å². The maximum atomic E-state index is 12.0. The minimum absolute atomic E-state index is 0.131. The fourth-order valence-corrected chi connectivity index (χ4v) is 2.50. The topological polar surface area (TPSA) is 70.7 Å². The number of rotatable bonds is 7. The summed E-state index contributed by atoms with van der Waals surface area (Å²) in [6.45, 7) is 2.88. The largest absolute Gasteiger partial charge is 0.497 e.